The van der Waals surface area contributed by atoms with E-state index in [0.29, 0.717) is 0 Å². The maximum Gasteiger partial charge on any atom is -0.00820 e. The van der Waals surface area contributed by atoms with Crippen LogP contribution in [0.2, 0.25) is 0 Å². The van der Waals surface area contributed by atoms with Crippen LogP contribution in [0.15, 0.2) is 72.3 Å². The fourth-order valence-electron chi connectivity index (χ4n) is 2.99. The second kappa shape index (κ2) is 4.10. The number of rotatable bonds is 1. The van der Waals surface area contributed by atoms with Gasteiger partial charge in [0.25, 0.3) is 0 Å². The smallest absolute Gasteiger partial charge is 0.00820 e. The number of hydrogen-bond acceptors (Lipinski definition) is 0. The van der Waals surface area contributed by atoms with Gasteiger partial charge in [0.2, 0.25) is 0 Å². The molecule has 0 bridgehead atoms. The maximum absolute atomic E-state index is 2.33. The Morgan fingerprint density at radius 2 is 1.53 bits per heavy atom. The van der Waals surface area contributed by atoms with Crippen molar-refractivity contribution in [3.8, 4) is 0 Å². The predicted octanol–water partition coefficient (Wildman–Crippen LogP) is 3.05. The first-order valence-corrected chi connectivity index (χ1v) is 6.70. The Morgan fingerprint density at radius 3 is 2.42 bits per heavy atom. The summed E-state index contributed by atoms with van der Waals surface area (Å²) in [5.41, 5.74) is 5.55. The van der Waals surface area contributed by atoms with Crippen molar-refractivity contribution >= 4 is 17.2 Å². The van der Waals surface area contributed by atoms with E-state index in [2.05, 4.69) is 72.8 Å². The van der Waals surface area contributed by atoms with E-state index in [0.717, 1.165) is 6.42 Å². The molecule has 0 saturated heterocycles. The lowest BCUT2D eigenvalue weighted by atomic mass is 9.89. The van der Waals surface area contributed by atoms with Crippen molar-refractivity contribution in [3.05, 3.63) is 88.3 Å². The third kappa shape index (κ3) is 1.61. The molecule has 0 nitrogen and oxygen atoms in total. The van der Waals surface area contributed by atoms with Gasteiger partial charge in [-0.15, -0.1) is 0 Å². The van der Waals surface area contributed by atoms with Crippen LogP contribution in [0.5, 0.6) is 0 Å². The first-order chi connectivity index (χ1) is 9.43. The fraction of sp³-hybridized carbons (Fsp3) is 0.0526. The topological polar surface area (TPSA) is 0 Å². The molecule has 2 aliphatic rings. The van der Waals surface area contributed by atoms with Crippen molar-refractivity contribution in [2.75, 3.05) is 0 Å². The van der Waals surface area contributed by atoms with Gasteiger partial charge in [0.1, 0.15) is 0 Å². The Hall–Kier alpha value is -2.34. The van der Waals surface area contributed by atoms with Gasteiger partial charge in [-0.2, -0.15) is 0 Å². The Kier molecular flexibility index (Phi) is 2.28. The molecule has 0 aliphatic heterocycles. The minimum atomic E-state index is 1.02. The van der Waals surface area contributed by atoms with Crippen molar-refractivity contribution < 1.29 is 0 Å². The number of benzene rings is 2. The Morgan fingerprint density at radius 1 is 0.737 bits per heavy atom. The average Bonchev–Trinajstić information content (AvgIpc) is 2.87. The Bertz CT molecular complexity index is 818. The SMILES string of the molecule is C1=CC2=c3ccccc3=CC2=C(c2ccccc2)C1. The van der Waals surface area contributed by atoms with Crippen molar-refractivity contribution in [1.82, 2.24) is 0 Å². The van der Waals surface area contributed by atoms with E-state index >= 15 is 0 Å². The summed E-state index contributed by atoms with van der Waals surface area (Å²) in [5.74, 6) is 0. The molecule has 90 valence electrons. The predicted molar refractivity (Wildman–Crippen MR) is 80.7 cm³/mol. The van der Waals surface area contributed by atoms with Crippen LogP contribution in [0, 0.1) is 0 Å². The fourth-order valence-corrected chi connectivity index (χ4v) is 2.99. The molecule has 0 unspecified atom stereocenters. The number of hydrogen-bond donors (Lipinski definition) is 0. The zero-order valence-corrected chi connectivity index (χ0v) is 10.6. The standard InChI is InChI=1S/C19H14/c1-2-7-14(8-3-1)16-11-6-12-18-17-10-5-4-9-15(17)13-19(16)18/h1-10,12-13H,11H2. The first-order valence-electron chi connectivity index (χ1n) is 6.70. The summed E-state index contributed by atoms with van der Waals surface area (Å²) >= 11 is 0. The molecule has 4 rings (SSSR count). The molecule has 0 amide bonds. The molecule has 2 aliphatic carbocycles. The molecular weight excluding hydrogens is 228 g/mol. The molecule has 0 spiro atoms. The van der Waals surface area contributed by atoms with Crippen molar-refractivity contribution in [1.29, 1.82) is 0 Å². The Labute approximate surface area is 112 Å². The van der Waals surface area contributed by atoms with Crippen LogP contribution >= 0.6 is 0 Å². The van der Waals surface area contributed by atoms with Crippen LogP contribution in [-0.2, 0) is 0 Å². The molecule has 0 saturated carbocycles. The maximum atomic E-state index is 2.33. The lowest BCUT2D eigenvalue weighted by molar-refractivity contribution is 1.35. The third-order valence-electron chi connectivity index (χ3n) is 3.89. The molecule has 0 heterocycles. The normalized spacial score (nSPS) is 16.1. The van der Waals surface area contributed by atoms with Crippen LogP contribution in [0.25, 0.3) is 17.2 Å². The minimum Gasteiger partial charge on any atom is -0.0795 e. The lowest BCUT2D eigenvalue weighted by Gasteiger charge is -2.15. The second-order valence-electron chi connectivity index (χ2n) is 5.01. The van der Waals surface area contributed by atoms with Crippen LogP contribution in [-0.4, -0.2) is 0 Å². The molecule has 0 N–H and O–H groups in total. The van der Waals surface area contributed by atoms with Gasteiger partial charge in [0.05, 0.1) is 0 Å². The molecule has 0 fully saturated rings. The molecule has 0 aromatic heterocycles. The summed E-state index contributed by atoms with van der Waals surface area (Å²) in [4.78, 5) is 0. The van der Waals surface area contributed by atoms with Gasteiger partial charge >= 0.3 is 0 Å². The molecule has 0 radical (unpaired) electrons. The van der Waals surface area contributed by atoms with Gasteiger partial charge in [-0.1, -0.05) is 66.7 Å². The van der Waals surface area contributed by atoms with E-state index in [1.165, 1.54) is 32.7 Å². The molecule has 2 aromatic carbocycles. The second-order valence-corrected chi connectivity index (χ2v) is 5.01. The summed E-state index contributed by atoms with van der Waals surface area (Å²) in [6.45, 7) is 0. The van der Waals surface area contributed by atoms with Gasteiger partial charge in [-0.05, 0) is 45.2 Å². The summed E-state index contributed by atoms with van der Waals surface area (Å²) in [7, 11) is 0. The van der Waals surface area contributed by atoms with E-state index in [-0.39, 0.29) is 0 Å². The molecule has 2 aromatic rings. The van der Waals surface area contributed by atoms with E-state index in [1.807, 2.05) is 0 Å². The van der Waals surface area contributed by atoms with E-state index < -0.39 is 0 Å². The monoisotopic (exact) mass is 242 g/mol. The van der Waals surface area contributed by atoms with Gasteiger partial charge < -0.3 is 0 Å². The van der Waals surface area contributed by atoms with Gasteiger partial charge in [-0.3, -0.25) is 0 Å². The molecular formula is C19H14. The quantitative estimate of drug-likeness (QED) is 0.721. The van der Waals surface area contributed by atoms with Crippen molar-refractivity contribution in [2.24, 2.45) is 0 Å². The summed E-state index contributed by atoms with van der Waals surface area (Å²) in [6.07, 6.45) is 7.89. The highest BCUT2D eigenvalue weighted by Crippen LogP contribution is 2.33. The van der Waals surface area contributed by atoms with Crippen LogP contribution in [0.1, 0.15) is 12.0 Å². The molecule has 0 heteroatoms. The average molecular weight is 242 g/mol. The largest absolute Gasteiger partial charge is 0.0795 e. The number of fused-ring (bicyclic) bond motifs is 2. The van der Waals surface area contributed by atoms with Gasteiger partial charge in [-0.25, -0.2) is 0 Å². The minimum absolute atomic E-state index is 1.02. The van der Waals surface area contributed by atoms with E-state index in [1.54, 1.807) is 0 Å². The van der Waals surface area contributed by atoms with Crippen LogP contribution < -0.4 is 10.4 Å². The van der Waals surface area contributed by atoms with Crippen molar-refractivity contribution in [3.63, 3.8) is 0 Å². The first kappa shape index (κ1) is 10.6. The van der Waals surface area contributed by atoms with Gasteiger partial charge in [0, 0.05) is 0 Å². The number of allylic oxidation sites excluding steroid dienone is 4. The van der Waals surface area contributed by atoms with E-state index in [4.69, 9.17) is 0 Å². The zero-order valence-electron chi connectivity index (χ0n) is 10.6. The Balaban J connectivity index is 2.04. The van der Waals surface area contributed by atoms with E-state index in [9.17, 15) is 0 Å². The highest BCUT2D eigenvalue weighted by Gasteiger charge is 2.17. The molecule has 0 atom stereocenters. The zero-order chi connectivity index (χ0) is 12.7. The van der Waals surface area contributed by atoms with Crippen LogP contribution in [0.3, 0.4) is 0 Å². The summed E-state index contributed by atoms with van der Waals surface area (Å²) in [6, 6.07) is 19.4. The summed E-state index contributed by atoms with van der Waals surface area (Å²) < 4.78 is 0. The van der Waals surface area contributed by atoms with Gasteiger partial charge in [0.15, 0.2) is 0 Å². The highest BCUT2D eigenvalue weighted by molar-refractivity contribution is 5.99. The summed E-state index contributed by atoms with van der Waals surface area (Å²) in [5, 5.41) is 2.70. The third-order valence-corrected chi connectivity index (χ3v) is 3.89. The van der Waals surface area contributed by atoms with Crippen molar-refractivity contribution in [2.45, 2.75) is 6.42 Å². The molecule has 19 heavy (non-hydrogen) atoms. The van der Waals surface area contributed by atoms with Crippen LogP contribution in [0.4, 0.5) is 0 Å². The highest BCUT2D eigenvalue weighted by atomic mass is 14.2. The lowest BCUT2D eigenvalue weighted by Crippen LogP contribution is -2.21.